The van der Waals surface area contributed by atoms with Crippen LogP contribution in [0.1, 0.15) is 130 Å². The third kappa shape index (κ3) is 6.25. The van der Waals surface area contributed by atoms with Crippen molar-refractivity contribution in [2.24, 2.45) is 34.5 Å². The van der Waals surface area contributed by atoms with Gasteiger partial charge < -0.3 is 4.74 Å². The molecule has 0 amide bonds. The summed E-state index contributed by atoms with van der Waals surface area (Å²) in [6.45, 7) is 9.69. The van der Waals surface area contributed by atoms with Gasteiger partial charge in [0.05, 0.1) is 0 Å². The summed E-state index contributed by atoms with van der Waals surface area (Å²) < 4.78 is 6.08. The predicted molar refractivity (Wildman–Crippen MR) is 171 cm³/mol. The van der Waals surface area contributed by atoms with E-state index in [0.717, 1.165) is 48.7 Å². The minimum absolute atomic E-state index is 0.213. The maximum atomic E-state index is 13.3. The van der Waals surface area contributed by atoms with Crippen LogP contribution in [0.5, 0.6) is 5.75 Å². The number of unbranched alkanes of at least 4 members (excludes halogenated alkanes) is 5. The van der Waals surface area contributed by atoms with E-state index < -0.39 is 0 Å². The highest BCUT2D eigenvalue weighted by atomic mass is 32.2. The second-order valence-electron chi connectivity index (χ2n) is 14.3. The Bertz CT molecular complexity index is 1000. The molecule has 2 nitrogen and oxygen atoms in total. The van der Waals surface area contributed by atoms with Gasteiger partial charge in [0.1, 0.15) is 5.75 Å². The number of carbonyl (C=O) groups is 1. The average Bonchev–Trinajstić information content (AvgIpc) is 3.30. The summed E-state index contributed by atoms with van der Waals surface area (Å²) >= 11 is 1.58. The number of hydrogen-bond donors (Lipinski definition) is 0. The second-order valence-corrected chi connectivity index (χ2v) is 15.6. The van der Waals surface area contributed by atoms with Gasteiger partial charge in [-0.05, 0) is 111 Å². The summed E-state index contributed by atoms with van der Waals surface area (Å²) in [5.74, 6) is 4.43. The molecular formula is C37H56O2S. The van der Waals surface area contributed by atoms with Crippen LogP contribution in [0.15, 0.2) is 42.0 Å². The third-order valence-corrected chi connectivity index (χ3v) is 13.3. The fraction of sp³-hybridized carbons (Fsp3) is 0.757. The zero-order valence-corrected chi connectivity index (χ0v) is 26.8. The minimum Gasteiger partial charge on any atom is -0.482 e. The molecule has 0 saturated heterocycles. The van der Waals surface area contributed by atoms with Crippen molar-refractivity contribution in [1.29, 1.82) is 0 Å². The Hall–Kier alpha value is -1.22. The Morgan fingerprint density at radius 2 is 1.73 bits per heavy atom. The van der Waals surface area contributed by atoms with Crippen molar-refractivity contribution in [3.05, 3.63) is 42.0 Å². The molecule has 0 spiro atoms. The highest BCUT2D eigenvalue weighted by Gasteiger charge is 2.58. The molecule has 5 rings (SSSR count). The average molecular weight is 565 g/mol. The zero-order chi connectivity index (χ0) is 28.2. The third-order valence-electron chi connectivity index (χ3n) is 12.1. The molecule has 0 radical (unpaired) electrons. The molecule has 1 aromatic rings. The Labute approximate surface area is 249 Å². The number of carbonyl (C=O) groups excluding carboxylic acids is 1. The number of rotatable bonds is 12. The molecule has 0 aliphatic heterocycles. The molecule has 1 aromatic carbocycles. The summed E-state index contributed by atoms with van der Waals surface area (Å²) in [4.78, 5) is 13.3. The van der Waals surface area contributed by atoms with Crippen LogP contribution in [0.4, 0.5) is 0 Å². The number of fused-ring (bicyclic) bond motifs is 5. The van der Waals surface area contributed by atoms with Gasteiger partial charge in [0, 0.05) is 5.25 Å². The Morgan fingerprint density at radius 3 is 2.50 bits per heavy atom. The van der Waals surface area contributed by atoms with Gasteiger partial charge >= 0.3 is 0 Å². The number of allylic oxidation sites excluding steroid dienone is 2. The van der Waals surface area contributed by atoms with Gasteiger partial charge in [-0.15, -0.1) is 0 Å². The molecule has 0 aromatic heterocycles. The van der Waals surface area contributed by atoms with Crippen molar-refractivity contribution in [2.45, 2.75) is 142 Å². The molecule has 40 heavy (non-hydrogen) atoms. The maximum absolute atomic E-state index is 13.3. The normalized spacial score (nSPS) is 35.7. The van der Waals surface area contributed by atoms with E-state index in [1.54, 1.807) is 17.3 Å². The van der Waals surface area contributed by atoms with Gasteiger partial charge in [-0.2, -0.15) is 0 Å². The molecule has 0 bridgehead atoms. The van der Waals surface area contributed by atoms with E-state index in [1.165, 1.54) is 83.5 Å². The van der Waals surface area contributed by atoms with Crippen LogP contribution < -0.4 is 4.74 Å². The van der Waals surface area contributed by atoms with Crippen LogP contribution in [0.3, 0.4) is 0 Å². The van der Waals surface area contributed by atoms with Gasteiger partial charge in [-0.1, -0.05) is 108 Å². The summed E-state index contributed by atoms with van der Waals surface area (Å²) in [6.07, 6.45) is 23.7. The summed E-state index contributed by atoms with van der Waals surface area (Å²) in [5.41, 5.74) is 2.62. The van der Waals surface area contributed by atoms with E-state index in [-0.39, 0.29) is 11.2 Å². The van der Waals surface area contributed by atoms with Gasteiger partial charge in [0.25, 0.3) is 0 Å². The van der Waals surface area contributed by atoms with E-state index >= 15 is 0 Å². The van der Waals surface area contributed by atoms with Gasteiger partial charge in [-0.25, -0.2) is 0 Å². The topological polar surface area (TPSA) is 26.3 Å². The van der Waals surface area contributed by atoms with Crippen LogP contribution in [-0.4, -0.2) is 16.5 Å². The first-order valence-corrected chi connectivity index (χ1v) is 17.9. The molecule has 8 atom stereocenters. The van der Waals surface area contributed by atoms with E-state index in [4.69, 9.17) is 4.74 Å². The largest absolute Gasteiger partial charge is 0.482 e. The molecular weight excluding hydrogens is 508 g/mol. The van der Waals surface area contributed by atoms with Crippen LogP contribution in [-0.2, 0) is 4.79 Å². The van der Waals surface area contributed by atoms with Crippen LogP contribution in [0.2, 0.25) is 0 Å². The number of benzene rings is 1. The van der Waals surface area contributed by atoms with Crippen molar-refractivity contribution in [3.63, 3.8) is 0 Å². The monoisotopic (exact) mass is 564 g/mol. The molecule has 4 aliphatic rings. The maximum Gasteiger partial charge on any atom is 0.229 e. The van der Waals surface area contributed by atoms with Crippen LogP contribution in [0, 0.1) is 34.5 Å². The van der Waals surface area contributed by atoms with Crippen molar-refractivity contribution in [3.8, 4) is 5.75 Å². The quantitative estimate of drug-likeness (QED) is 0.186. The highest BCUT2D eigenvalue weighted by Crippen LogP contribution is 2.67. The Balaban J connectivity index is 1.17. The molecule has 3 heteroatoms. The smallest absolute Gasteiger partial charge is 0.229 e. The number of para-hydroxylation sites is 1. The lowest BCUT2D eigenvalue weighted by molar-refractivity contribution is -0.117. The molecule has 4 aliphatic carbocycles. The first-order chi connectivity index (χ1) is 19.4. The van der Waals surface area contributed by atoms with E-state index in [0.29, 0.717) is 16.1 Å². The standard InChI is InChI=1S/C37H56O2S/c1-5-7-8-9-10-12-15-27-19-21-32-31-20-18-28-26-30(22-24-37(28,4)33(31)23-25-36(27,32)3)40-35(38)34(6-2)39-29-16-13-11-14-17-29/h11,13-14,16-18,27,30-34H,5-10,12,15,19-26H2,1-4H3/t27-,30+,31-,32-,33-,34+,36+,37+/m1/s1. The Kier molecular flexibility index (Phi) is 10.1. The second kappa shape index (κ2) is 13.4. The van der Waals surface area contributed by atoms with Crippen molar-refractivity contribution >= 4 is 16.9 Å². The molecule has 3 fully saturated rings. The lowest BCUT2D eigenvalue weighted by Crippen LogP contribution is -2.50. The molecule has 3 saturated carbocycles. The number of hydrogen-bond acceptors (Lipinski definition) is 3. The number of ether oxygens (including phenoxy) is 1. The lowest BCUT2D eigenvalue weighted by Gasteiger charge is -2.58. The molecule has 222 valence electrons. The zero-order valence-electron chi connectivity index (χ0n) is 26.0. The highest BCUT2D eigenvalue weighted by molar-refractivity contribution is 8.14. The predicted octanol–water partition coefficient (Wildman–Crippen LogP) is 10.8. The van der Waals surface area contributed by atoms with E-state index in [1.807, 2.05) is 30.3 Å². The summed E-state index contributed by atoms with van der Waals surface area (Å²) in [6, 6.07) is 9.83. The van der Waals surface area contributed by atoms with Gasteiger partial charge in [0.2, 0.25) is 5.12 Å². The first-order valence-electron chi connectivity index (χ1n) is 17.0. The van der Waals surface area contributed by atoms with Gasteiger partial charge in [0.15, 0.2) is 6.10 Å². The van der Waals surface area contributed by atoms with Crippen molar-refractivity contribution < 1.29 is 9.53 Å². The minimum atomic E-state index is -0.354. The number of thioether (sulfide) groups is 1. The summed E-state index contributed by atoms with van der Waals surface area (Å²) in [7, 11) is 0. The molecule has 0 unspecified atom stereocenters. The summed E-state index contributed by atoms with van der Waals surface area (Å²) in [5, 5.41) is 0.615. The van der Waals surface area contributed by atoms with Crippen LogP contribution >= 0.6 is 11.8 Å². The van der Waals surface area contributed by atoms with Gasteiger partial charge in [-0.3, -0.25) is 4.79 Å². The van der Waals surface area contributed by atoms with Crippen molar-refractivity contribution in [1.82, 2.24) is 0 Å². The van der Waals surface area contributed by atoms with E-state index in [2.05, 4.69) is 33.8 Å². The van der Waals surface area contributed by atoms with E-state index in [9.17, 15) is 4.79 Å². The SMILES string of the molecule is CCCCCCCC[C@@H]1CC[C@@H]2[C@H]3CC=C4C[C@@H](SC(=O)[C@H](CC)Oc5ccccc5)CC[C@]4(C)[C@@H]3CC[C@@]12C. The molecule has 0 heterocycles. The fourth-order valence-corrected chi connectivity index (χ4v) is 10.9. The fourth-order valence-electron chi connectivity index (χ4n) is 9.68. The lowest BCUT2D eigenvalue weighted by atomic mass is 9.47. The first kappa shape index (κ1) is 30.2. The molecule has 0 N–H and O–H groups in total. The van der Waals surface area contributed by atoms with Crippen molar-refractivity contribution in [2.75, 3.05) is 0 Å². The Morgan fingerprint density at radius 1 is 0.950 bits per heavy atom. The van der Waals surface area contributed by atoms with Crippen LogP contribution in [0.25, 0.3) is 0 Å².